The Hall–Kier alpha value is -3.26. The van der Waals surface area contributed by atoms with E-state index in [0.717, 1.165) is 25.7 Å². The summed E-state index contributed by atoms with van der Waals surface area (Å²) < 4.78 is 19.5. The van der Waals surface area contributed by atoms with Crippen molar-refractivity contribution in [3.8, 4) is 22.9 Å². The highest BCUT2D eigenvalue weighted by Crippen LogP contribution is 2.31. The summed E-state index contributed by atoms with van der Waals surface area (Å²) in [5.74, 6) is 0.643. The van der Waals surface area contributed by atoms with E-state index in [2.05, 4.69) is 20.3 Å². The number of nitrogens with one attached hydrogen (secondary N) is 1. The molecule has 0 radical (unpaired) electrons. The molecule has 0 unspecified atom stereocenters. The standard InChI is InChI=1S/C21H23FN6O/c22-17-12-15(7-8-18(17)24)29-20-16(2-1-10-25-20)19-9-11-26-21(28-19)27-14-5-3-13(23)4-6-14/h1-2,7-14H,3-6,23-24H2,(H,26,27,28). The number of pyridine rings is 1. The average Bonchev–Trinajstić information content (AvgIpc) is 2.73. The zero-order valence-electron chi connectivity index (χ0n) is 15.9. The Labute approximate surface area is 168 Å². The van der Waals surface area contributed by atoms with Gasteiger partial charge in [-0.15, -0.1) is 0 Å². The first-order valence-corrected chi connectivity index (χ1v) is 9.62. The summed E-state index contributed by atoms with van der Waals surface area (Å²) in [6.07, 6.45) is 7.29. The van der Waals surface area contributed by atoms with Crippen molar-refractivity contribution in [2.45, 2.75) is 37.8 Å². The number of halogens is 1. The predicted octanol–water partition coefficient (Wildman–Crippen LogP) is 3.73. The molecule has 7 nitrogen and oxygen atoms in total. The maximum Gasteiger partial charge on any atom is 0.228 e. The Morgan fingerprint density at radius 3 is 2.66 bits per heavy atom. The SMILES string of the molecule is Nc1ccc(Oc2ncccc2-c2ccnc(NC3CCC(N)CC3)n2)cc1F. The molecule has 0 atom stereocenters. The van der Waals surface area contributed by atoms with Gasteiger partial charge in [0.1, 0.15) is 11.6 Å². The molecule has 0 saturated heterocycles. The fraction of sp³-hybridized carbons (Fsp3) is 0.286. The maximum atomic E-state index is 13.7. The van der Waals surface area contributed by atoms with Gasteiger partial charge in [-0.25, -0.2) is 19.3 Å². The van der Waals surface area contributed by atoms with Crippen molar-refractivity contribution in [3.05, 3.63) is 54.6 Å². The third-order valence-corrected chi connectivity index (χ3v) is 4.99. The van der Waals surface area contributed by atoms with Crippen LogP contribution in [0.1, 0.15) is 25.7 Å². The topological polar surface area (TPSA) is 112 Å². The summed E-state index contributed by atoms with van der Waals surface area (Å²) >= 11 is 0. The third kappa shape index (κ3) is 4.60. The van der Waals surface area contributed by atoms with Crippen LogP contribution in [0.3, 0.4) is 0 Å². The van der Waals surface area contributed by atoms with E-state index < -0.39 is 5.82 Å². The number of nitrogens with zero attached hydrogens (tertiary/aromatic N) is 3. The van der Waals surface area contributed by atoms with Gasteiger partial charge < -0.3 is 21.5 Å². The molecule has 1 fully saturated rings. The molecule has 0 bridgehead atoms. The van der Waals surface area contributed by atoms with Crippen molar-refractivity contribution in [1.29, 1.82) is 0 Å². The minimum atomic E-state index is -0.541. The lowest BCUT2D eigenvalue weighted by atomic mass is 9.92. The zero-order chi connectivity index (χ0) is 20.2. The fourth-order valence-corrected chi connectivity index (χ4v) is 3.37. The number of anilines is 2. The van der Waals surface area contributed by atoms with Gasteiger partial charge in [-0.3, -0.25) is 0 Å². The van der Waals surface area contributed by atoms with E-state index >= 15 is 0 Å². The van der Waals surface area contributed by atoms with Crippen LogP contribution in [-0.4, -0.2) is 27.0 Å². The van der Waals surface area contributed by atoms with Crippen LogP contribution < -0.4 is 21.5 Å². The van der Waals surface area contributed by atoms with Crippen LogP contribution >= 0.6 is 0 Å². The molecule has 2 aromatic heterocycles. The van der Waals surface area contributed by atoms with Crippen molar-refractivity contribution in [2.75, 3.05) is 11.1 Å². The van der Waals surface area contributed by atoms with Gasteiger partial charge in [0, 0.05) is 30.5 Å². The molecule has 8 heteroatoms. The molecule has 150 valence electrons. The molecule has 0 aliphatic heterocycles. The molecule has 0 amide bonds. The molecule has 1 saturated carbocycles. The summed E-state index contributed by atoms with van der Waals surface area (Å²) in [4.78, 5) is 13.2. The largest absolute Gasteiger partial charge is 0.438 e. The van der Waals surface area contributed by atoms with Gasteiger partial charge in [-0.05, 0) is 56.0 Å². The van der Waals surface area contributed by atoms with Crippen molar-refractivity contribution in [3.63, 3.8) is 0 Å². The van der Waals surface area contributed by atoms with Crippen molar-refractivity contribution < 1.29 is 9.13 Å². The van der Waals surface area contributed by atoms with Gasteiger partial charge in [-0.2, -0.15) is 0 Å². The summed E-state index contributed by atoms with van der Waals surface area (Å²) in [5.41, 5.74) is 12.9. The summed E-state index contributed by atoms with van der Waals surface area (Å²) in [7, 11) is 0. The van der Waals surface area contributed by atoms with Gasteiger partial charge in [0.2, 0.25) is 11.8 Å². The van der Waals surface area contributed by atoms with Gasteiger partial charge in [-0.1, -0.05) is 0 Å². The molecular weight excluding hydrogens is 371 g/mol. The minimum Gasteiger partial charge on any atom is -0.438 e. The Kier molecular flexibility index (Phi) is 5.53. The number of aromatic nitrogens is 3. The predicted molar refractivity (Wildman–Crippen MR) is 110 cm³/mol. The van der Waals surface area contributed by atoms with Crippen LogP contribution in [-0.2, 0) is 0 Å². The summed E-state index contributed by atoms with van der Waals surface area (Å²) in [6, 6.07) is 10.3. The van der Waals surface area contributed by atoms with Crippen LogP contribution in [0.25, 0.3) is 11.3 Å². The van der Waals surface area contributed by atoms with E-state index in [4.69, 9.17) is 16.2 Å². The van der Waals surface area contributed by atoms with E-state index in [-0.39, 0.29) is 11.7 Å². The Balaban J connectivity index is 1.56. The highest BCUT2D eigenvalue weighted by molar-refractivity contribution is 5.66. The highest BCUT2D eigenvalue weighted by Gasteiger charge is 2.19. The molecule has 0 spiro atoms. The number of ether oxygens (including phenoxy) is 1. The first-order valence-electron chi connectivity index (χ1n) is 9.62. The first kappa shape index (κ1) is 19.1. The molecule has 2 heterocycles. The second-order valence-electron chi connectivity index (χ2n) is 7.16. The van der Waals surface area contributed by atoms with Crippen LogP contribution in [0.15, 0.2) is 48.8 Å². The van der Waals surface area contributed by atoms with Gasteiger partial charge in [0.25, 0.3) is 0 Å². The van der Waals surface area contributed by atoms with E-state index in [0.29, 0.717) is 34.9 Å². The van der Waals surface area contributed by atoms with Gasteiger partial charge in [0.15, 0.2) is 0 Å². The molecule has 29 heavy (non-hydrogen) atoms. The smallest absolute Gasteiger partial charge is 0.228 e. The zero-order valence-corrected chi connectivity index (χ0v) is 15.9. The van der Waals surface area contributed by atoms with E-state index in [1.54, 1.807) is 30.6 Å². The van der Waals surface area contributed by atoms with Crippen molar-refractivity contribution in [2.24, 2.45) is 5.73 Å². The summed E-state index contributed by atoms with van der Waals surface area (Å²) in [5, 5.41) is 3.39. The normalized spacial score (nSPS) is 19.0. The lowest BCUT2D eigenvalue weighted by molar-refractivity contribution is 0.410. The Bertz CT molecular complexity index is 990. The molecule has 3 aromatic rings. The number of hydrogen-bond donors (Lipinski definition) is 3. The second kappa shape index (κ2) is 8.40. The van der Waals surface area contributed by atoms with Crippen LogP contribution in [0.5, 0.6) is 11.6 Å². The van der Waals surface area contributed by atoms with E-state index in [1.165, 1.54) is 12.1 Å². The first-order chi connectivity index (χ1) is 14.1. The van der Waals surface area contributed by atoms with Crippen LogP contribution in [0.2, 0.25) is 0 Å². The average molecular weight is 394 g/mol. The minimum absolute atomic E-state index is 0.0637. The van der Waals surface area contributed by atoms with Crippen molar-refractivity contribution >= 4 is 11.6 Å². The summed E-state index contributed by atoms with van der Waals surface area (Å²) in [6.45, 7) is 0. The molecule has 1 aliphatic rings. The molecule has 1 aromatic carbocycles. The number of hydrogen-bond acceptors (Lipinski definition) is 7. The second-order valence-corrected chi connectivity index (χ2v) is 7.16. The maximum absolute atomic E-state index is 13.7. The molecule has 1 aliphatic carbocycles. The third-order valence-electron chi connectivity index (χ3n) is 4.99. The van der Waals surface area contributed by atoms with Crippen LogP contribution in [0, 0.1) is 5.82 Å². The monoisotopic (exact) mass is 394 g/mol. The number of rotatable bonds is 5. The van der Waals surface area contributed by atoms with Crippen molar-refractivity contribution in [1.82, 2.24) is 15.0 Å². The number of nitrogen functional groups attached to an aromatic ring is 1. The van der Waals surface area contributed by atoms with Gasteiger partial charge in [0.05, 0.1) is 16.9 Å². The Morgan fingerprint density at radius 1 is 1.03 bits per heavy atom. The molecular formula is C21H23FN6O. The molecule has 5 N–H and O–H groups in total. The number of benzene rings is 1. The van der Waals surface area contributed by atoms with E-state index in [9.17, 15) is 4.39 Å². The fourth-order valence-electron chi connectivity index (χ4n) is 3.37. The lowest BCUT2D eigenvalue weighted by Crippen LogP contribution is -2.33. The van der Waals surface area contributed by atoms with Crippen LogP contribution in [0.4, 0.5) is 16.0 Å². The Morgan fingerprint density at radius 2 is 1.86 bits per heavy atom. The van der Waals surface area contributed by atoms with Gasteiger partial charge >= 0.3 is 0 Å². The lowest BCUT2D eigenvalue weighted by Gasteiger charge is -2.26. The number of nitrogens with two attached hydrogens (primary N) is 2. The molecule has 4 rings (SSSR count). The quantitative estimate of drug-likeness (QED) is 0.565. The highest BCUT2D eigenvalue weighted by atomic mass is 19.1. The van der Waals surface area contributed by atoms with E-state index in [1.807, 2.05) is 6.07 Å².